The van der Waals surface area contributed by atoms with Gasteiger partial charge in [-0.1, -0.05) is 115 Å². The van der Waals surface area contributed by atoms with E-state index in [0.29, 0.717) is 11.1 Å². The average molecular weight is 612 g/mol. The van der Waals surface area contributed by atoms with Gasteiger partial charge in [0.05, 0.1) is 0 Å². The SMILES string of the molecule is O=C(c1ccccc1)C(C(=O)c1ccccc1)[P+](c1ccccc1)(c1ccccc1)c1ccccc1.[I-]. The van der Waals surface area contributed by atoms with Crippen molar-refractivity contribution in [2.75, 3.05) is 0 Å². The van der Waals surface area contributed by atoms with Crippen LogP contribution in [0.25, 0.3) is 0 Å². The van der Waals surface area contributed by atoms with Gasteiger partial charge in [-0.3, -0.25) is 9.59 Å². The largest absolute Gasteiger partial charge is 1.00 e. The summed E-state index contributed by atoms with van der Waals surface area (Å²) < 4.78 is 0. The molecule has 0 bridgehead atoms. The molecule has 0 unspecified atom stereocenters. The number of Topliss-reactive ketones (excluding diaryl/α,β-unsaturated/α-hetero) is 2. The van der Waals surface area contributed by atoms with E-state index < -0.39 is 12.9 Å². The highest BCUT2D eigenvalue weighted by Crippen LogP contribution is 2.61. The first-order valence-electron chi connectivity index (χ1n) is 12.0. The van der Waals surface area contributed by atoms with Crippen molar-refractivity contribution in [2.45, 2.75) is 5.66 Å². The third kappa shape index (κ3) is 5.20. The van der Waals surface area contributed by atoms with Gasteiger partial charge in [-0.2, -0.15) is 0 Å². The minimum absolute atomic E-state index is 0. The highest BCUT2D eigenvalue weighted by molar-refractivity contribution is 7.97. The van der Waals surface area contributed by atoms with Gasteiger partial charge in [0.25, 0.3) is 0 Å². The number of carbonyl (C=O) groups excluding carboxylic acids is 2. The standard InChI is InChI=1S/C33H26O2P.HI/c34-31(26-16-6-1-7-17-26)33(32(35)27-18-8-2-9-19-27)36(28-20-10-3-11-21-28,29-22-12-4-13-23-29)30-24-14-5-15-25-30;/h1-25,33H;1H/q+1;/p-1. The van der Waals surface area contributed by atoms with Crippen molar-refractivity contribution in [3.8, 4) is 0 Å². The Kier molecular flexibility index (Phi) is 8.81. The molecule has 0 N–H and O–H groups in total. The first-order chi connectivity index (χ1) is 17.7. The lowest BCUT2D eigenvalue weighted by atomic mass is 10.0. The molecular formula is C33H26IO2P. The summed E-state index contributed by atoms with van der Waals surface area (Å²) in [6.45, 7) is 0. The second-order valence-electron chi connectivity index (χ2n) is 8.59. The molecule has 182 valence electrons. The molecule has 0 atom stereocenters. The number of hydrogen-bond acceptors (Lipinski definition) is 2. The fourth-order valence-corrected chi connectivity index (χ4v) is 9.59. The average Bonchev–Trinajstić information content (AvgIpc) is 2.97. The van der Waals surface area contributed by atoms with Gasteiger partial charge in [0.2, 0.25) is 17.2 Å². The van der Waals surface area contributed by atoms with Gasteiger partial charge in [0.15, 0.2) is 0 Å². The lowest BCUT2D eigenvalue weighted by molar-refractivity contribution is -0.0000240. The summed E-state index contributed by atoms with van der Waals surface area (Å²) in [6, 6.07) is 48.7. The van der Waals surface area contributed by atoms with E-state index in [0.717, 1.165) is 15.9 Å². The minimum Gasteiger partial charge on any atom is -1.00 e. The third-order valence-electron chi connectivity index (χ3n) is 6.49. The van der Waals surface area contributed by atoms with Crippen molar-refractivity contribution in [1.29, 1.82) is 0 Å². The fourth-order valence-electron chi connectivity index (χ4n) is 4.88. The summed E-state index contributed by atoms with van der Waals surface area (Å²) in [6.07, 6.45) is 0. The lowest BCUT2D eigenvalue weighted by Gasteiger charge is -2.33. The van der Waals surface area contributed by atoms with E-state index in [2.05, 4.69) is 36.4 Å². The van der Waals surface area contributed by atoms with Crippen molar-refractivity contribution in [2.24, 2.45) is 0 Å². The van der Waals surface area contributed by atoms with E-state index in [9.17, 15) is 9.59 Å². The van der Waals surface area contributed by atoms with Gasteiger partial charge in [-0.15, -0.1) is 0 Å². The third-order valence-corrected chi connectivity index (χ3v) is 11.1. The zero-order valence-corrected chi connectivity index (χ0v) is 23.2. The Morgan fingerprint density at radius 2 is 0.649 bits per heavy atom. The molecule has 0 spiro atoms. The summed E-state index contributed by atoms with van der Waals surface area (Å²) >= 11 is 0. The maximum Gasteiger partial charge on any atom is 0.212 e. The summed E-state index contributed by atoms with van der Waals surface area (Å²) in [4.78, 5) is 29.1. The molecular weight excluding hydrogens is 586 g/mol. The van der Waals surface area contributed by atoms with Gasteiger partial charge in [0.1, 0.15) is 23.2 Å². The molecule has 0 saturated heterocycles. The number of ketones is 2. The Morgan fingerprint density at radius 3 is 0.919 bits per heavy atom. The molecule has 37 heavy (non-hydrogen) atoms. The Bertz CT molecular complexity index is 1290. The normalized spacial score (nSPS) is 10.9. The second-order valence-corrected chi connectivity index (χ2v) is 12.1. The number of carbonyl (C=O) groups is 2. The quantitative estimate of drug-likeness (QED) is 0.117. The van der Waals surface area contributed by atoms with Gasteiger partial charge >= 0.3 is 0 Å². The topological polar surface area (TPSA) is 34.1 Å². The maximum atomic E-state index is 14.5. The lowest BCUT2D eigenvalue weighted by Crippen LogP contribution is -3.00. The molecule has 0 aliphatic carbocycles. The van der Waals surface area contributed by atoms with Crippen LogP contribution in [-0.2, 0) is 0 Å². The fraction of sp³-hybridized carbons (Fsp3) is 0.0303. The monoisotopic (exact) mass is 612 g/mol. The molecule has 0 saturated carbocycles. The van der Waals surface area contributed by atoms with Crippen molar-refractivity contribution in [3.63, 3.8) is 0 Å². The molecule has 0 heterocycles. The van der Waals surface area contributed by atoms with E-state index >= 15 is 0 Å². The number of halogens is 1. The Morgan fingerprint density at radius 1 is 0.405 bits per heavy atom. The maximum absolute atomic E-state index is 14.5. The van der Waals surface area contributed by atoms with E-state index in [-0.39, 0.29) is 35.5 Å². The highest BCUT2D eigenvalue weighted by atomic mass is 127. The van der Waals surface area contributed by atoms with E-state index in [1.54, 1.807) is 0 Å². The summed E-state index contributed by atoms with van der Waals surface area (Å²) in [7, 11) is -2.81. The van der Waals surface area contributed by atoms with Crippen LogP contribution in [0, 0.1) is 0 Å². The summed E-state index contributed by atoms with van der Waals surface area (Å²) in [5.74, 6) is -0.316. The van der Waals surface area contributed by atoms with Crippen LogP contribution in [0.2, 0.25) is 0 Å². The molecule has 0 aliphatic heterocycles. The van der Waals surface area contributed by atoms with Gasteiger partial charge in [-0.25, -0.2) is 0 Å². The van der Waals surface area contributed by atoms with E-state index in [4.69, 9.17) is 0 Å². The first kappa shape index (κ1) is 26.7. The van der Waals surface area contributed by atoms with Crippen molar-refractivity contribution >= 4 is 34.7 Å². The number of benzene rings is 5. The smallest absolute Gasteiger partial charge is 0.212 e. The van der Waals surface area contributed by atoms with Crippen LogP contribution in [0.4, 0.5) is 0 Å². The summed E-state index contributed by atoms with van der Waals surface area (Å²) in [5.41, 5.74) is 0.160. The van der Waals surface area contributed by atoms with E-state index in [1.165, 1.54) is 0 Å². The number of hydrogen-bond donors (Lipinski definition) is 0. The minimum atomic E-state index is -2.81. The first-order valence-corrected chi connectivity index (χ1v) is 13.8. The number of rotatable bonds is 8. The predicted molar refractivity (Wildman–Crippen MR) is 150 cm³/mol. The molecule has 0 aromatic heterocycles. The Balaban J connectivity index is 0.00000320. The van der Waals surface area contributed by atoms with Crippen LogP contribution in [-0.4, -0.2) is 17.2 Å². The molecule has 4 heteroatoms. The van der Waals surface area contributed by atoms with Crippen molar-refractivity contribution in [1.82, 2.24) is 0 Å². The van der Waals surface area contributed by atoms with Crippen LogP contribution in [0.3, 0.4) is 0 Å². The van der Waals surface area contributed by atoms with Crippen LogP contribution in [0.15, 0.2) is 152 Å². The van der Waals surface area contributed by atoms with Crippen molar-refractivity contribution < 1.29 is 33.6 Å². The molecule has 5 rings (SSSR count). The molecule has 0 fully saturated rings. The molecule has 5 aromatic carbocycles. The van der Waals surface area contributed by atoms with Crippen LogP contribution in [0.1, 0.15) is 20.7 Å². The zero-order chi connectivity index (χ0) is 24.8. The Labute approximate surface area is 235 Å². The molecule has 0 aliphatic rings. The zero-order valence-electron chi connectivity index (χ0n) is 20.2. The van der Waals surface area contributed by atoms with Crippen molar-refractivity contribution in [3.05, 3.63) is 163 Å². The van der Waals surface area contributed by atoms with Crippen LogP contribution < -0.4 is 39.9 Å². The molecule has 2 nitrogen and oxygen atoms in total. The highest BCUT2D eigenvalue weighted by Gasteiger charge is 2.59. The molecule has 0 radical (unpaired) electrons. The predicted octanol–water partition coefficient (Wildman–Crippen LogP) is 3.12. The van der Waals surface area contributed by atoms with Gasteiger partial charge < -0.3 is 24.0 Å². The van der Waals surface area contributed by atoms with Gasteiger partial charge in [0, 0.05) is 11.1 Å². The van der Waals surface area contributed by atoms with Crippen LogP contribution in [0.5, 0.6) is 0 Å². The molecule has 5 aromatic rings. The summed E-state index contributed by atoms with van der Waals surface area (Å²) in [5, 5.41) is 3.00. The second kappa shape index (κ2) is 12.2. The van der Waals surface area contributed by atoms with E-state index in [1.807, 2.05) is 115 Å². The Hall–Kier alpha value is -3.40. The van der Waals surface area contributed by atoms with Gasteiger partial charge in [-0.05, 0) is 36.4 Å². The molecule has 0 amide bonds. The van der Waals surface area contributed by atoms with Crippen LogP contribution >= 0.6 is 7.26 Å².